The van der Waals surface area contributed by atoms with E-state index < -0.39 is 5.97 Å². The number of carbonyl (C=O) groups is 2. The second-order valence-corrected chi connectivity index (χ2v) is 5.52. The predicted octanol–water partition coefficient (Wildman–Crippen LogP) is 3.54. The first kappa shape index (κ1) is 18.2. The molecule has 2 aromatic rings. The van der Waals surface area contributed by atoms with Gasteiger partial charge in [0.25, 0.3) is 5.91 Å². The zero-order valence-corrected chi connectivity index (χ0v) is 13.9. The Kier molecular flexibility index (Phi) is 6.28. The fourth-order valence-electron chi connectivity index (χ4n) is 2.32. The quantitative estimate of drug-likeness (QED) is 0.408. The van der Waals surface area contributed by atoms with E-state index in [1.54, 1.807) is 36.4 Å². The van der Waals surface area contributed by atoms with Crippen LogP contribution in [0.25, 0.3) is 0 Å². The number of hydrogen-bond acceptors (Lipinski definition) is 4. The third-order valence-electron chi connectivity index (χ3n) is 3.80. The first-order valence-corrected chi connectivity index (χ1v) is 7.97. The van der Waals surface area contributed by atoms with Gasteiger partial charge in [0.2, 0.25) is 0 Å². The molecule has 2 rings (SSSR count). The summed E-state index contributed by atoms with van der Waals surface area (Å²) in [6.45, 7) is 2.05. The van der Waals surface area contributed by atoms with Crippen LogP contribution in [-0.4, -0.2) is 27.9 Å². The lowest BCUT2D eigenvalue weighted by Crippen LogP contribution is -2.12. The minimum Gasteiger partial charge on any atom is -0.481 e. The van der Waals surface area contributed by atoms with Crippen molar-refractivity contribution in [2.75, 3.05) is 5.32 Å². The number of nitrogens with zero attached hydrogens (tertiary/aromatic N) is 1. The second-order valence-electron chi connectivity index (χ2n) is 5.52. The van der Waals surface area contributed by atoms with Crippen molar-refractivity contribution in [3.63, 3.8) is 0 Å². The first-order valence-electron chi connectivity index (χ1n) is 7.97. The third kappa shape index (κ3) is 5.17. The van der Waals surface area contributed by atoms with Crippen LogP contribution >= 0.6 is 0 Å². The Balaban J connectivity index is 2.03. The minimum absolute atomic E-state index is 0.119. The average molecular weight is 340 g/mol. The smallest absolute Gasteiger partial charge is 0.303 e. The van der Waals surface area contributed by atoms with E-state index in [1.807, 2.05) is 12.1 Å². The van der Waals surface area contributed by atoms with E-state index in [0.29, 0.717) is 16.8 Å². The molecule has 0 radical (unpaired) electrons. The molecule has 25 heavy (non-hydrogen) atoms. The van der Waals surface area contributed by atoms with Crippen molar-refractivity contribution in [3.05, 3.63) is 65.2 Å². The van der Waals surface area contributed by atoms with Crippen LogP contribution in [-0.2, 0) is 11.2 Å². The summed E-state index contributed by atoms with van der Waals surface area (Å²) >= 11 is 0. The molecule has 3 N–H and O–H groups in total. The Morgan fingerprint density at radius 2 is 1.56 bits per heavy atom. The summed E-state index contributed by atoms with van der Waals surface area (Å²) < 4.78 is 0. The monoisotopic (exact) mass is 340 g/mol. The highest BCUT2D eigenvalue weighted by atomic mass is 16.4. The molecule has 0 unspecified atom stereocenters. The number of rotatable bonds is 7. The van der Waals surface area contributed by atoms with Crippen LogP contribution in [0.4, 0.5) is 5.69 Å². The van der Waals surface area contributed by atoms with Crippen LogP contribution in [0, 0.1) is 0 Å². The van der Waals surface area contributed by atoms with Crippen molar-refractivity contribution >= 4 is 23.3 Å². The minimum atomic E-state index is -0.959. The molecule has 0 aliphatic rings. The molecule has 0 heterocycles. The van der Waals surface area contributed by atoms with Crippen molar-refractivity contribution in [2.45, 2.75) is 26.2 Å². The predicted molar refractivity (Wildman–Crippen MR) is 95.4 cm³/mol. The highest BCUT2D eigenvalue weighted by Crippen LogP contribution is 2.14. The molecule has 130 valence electrons. The summed E-state index contributed by atoms with van der Waals surface area (Å²) in [7, 11) is 0. The lowest BCUT2D eigenvalue weighted by molar-refractivity contribution is -0.136. The first-order chi connectivity index (χ1) is 12.0. The van der Waals surface area contributed by atoms with Gasteiger partial charge in [0.05, 0.1) is 12.1 Å². The zero-order valence-electron chi connectivity index (χ0n) is 13.9. The summed E-state index contributed by atoms with van der Waals surface area (Å²) in [5, 5.41) is 23.7. The number of benzene rings is 2. The molecule has 0 atom stereocenters. The number of carboxylic acid groups (broad SMARTS) is 1. The van der Waals surface area contributed by atoms with Crippen LogP contribution in [0.3, 0.4) is 0 Å². The van der Waals surface area contributed by atoms with Gasteiger partial charge in [-0.25, -0.2) is 0 Å². The van der Waals surface area contributed by atoms with Crippen molar-refractivity contribution in [1.82, 2.24) is 0 Å². The molecule has 0 spiro atoms. The molecular weight excluding hydrogens is 320 g/mol. The largest absolute Gasteiger partial charge is 0.481 e. The van der Waals surface area contributed by atoms with Crippen molar-refractivity contribution in [1.29, 1.82) is 0 Å². The van der Waals surface area contributed by atoms with Crippen molar-refractivity contribution in [2.24, 2.45) is 5.16 Å². The van der Waals surface area contributed by atoms with E-state index >= 15 is 0 Å². The average Bonchev–Trinajstić information content (AvgIpc) is 2.63. The molecule has 2 aromatic carbocycles. The van der Waals surface area contributed by atoms with Gasteiger partial charge < -0.3 is 15.6 Å². The maximum Gasteiger partial charge on any atom is 0.303 e. The van der Waals surface area contributed by atoms with E-state index in [1.165, 1.54) is 0 Å². The normalized spacial score (nSPS) is 11.2. The number of oxime groups is 1. The van der Waals surface area contributed by atoms with Gasteiger partial charge >= 0.3 is 5.97 Å². The second kappa shape index (κ2) is 8.63. The van der Waals surface area contributed by atoms with Crippen molar-refractivity contribution in [3.8, 4) is 0 Å². The Morgan fingerprint density at radius 3 is 2.08 bits per heavy atom. The van der Waals surface area contributed by atoms with E-state index in [4.69, 9.17) is 10.3 Å². The number of aryl methyl sites for hydroxylation is 1. The summed E-state index contributed by atoms with van der Waals surface area (Å²) in [5.41, 5.74) is 3.23. The molecule has 0 aliphatic carbocycles. The fraction of sp³-hybridized carbons (Fsp3) is 0.211. The van der Waals surface area contributed by atoms with Crippen molar-refractivity contribution < 1.29 is 19.9 Å². The molecule has 0 fully saturated rings. The molecular formula is C19H20N2O4. The topological polar surface area (TPSA) is 99.0 Å². The lowest BCUT2D eigenvalue weighted by Gasteiger charge is -2.08. The van der Waals surface area contributed by atoms with Gasteiger partial charge in [-0.2, -0.15) is 0 Å². The van der Waals surface area contributed by atoms with Crippen LogP contribution in [0.15, 0.2) is 53.7 Å². The number of aliphatic carboxylic acids is 1. The number of nitrogens with one attached hydrogen (secondary N) is 1. The van der Waals surface area contributed by atoms with E-state index in [2.05, 4.69) is 17.4 Å². The van der Waals surface area contributed by atoms with Gasteiger partial charge in [0.15, 0.2) is 0 Å². The molecule has 0 bridgehead atoms. The Morgan fingerprint density at radius 1 is 0.960 bits per heavy atom. The number of amides is 1. The molecule has 0 saturated carbocycles. The molecule has 0 aliphatic heterocycles. The Labute approximate surface area is 145 Å². The Hall–Kier alpha value is -3.15. The molecule has 6 nitrogen and oxygen atoms in total. The van der Waals surface area contributed by atoms with Gasteiger partial charge in [-0.15, -0.1) is 0 Å². The number of hydrogen-bond donors (Lipinski definition) is 3. The summed E-state index contributed by atoms with van der Waals surface area (Å²) in [4.78, 5) is 22.8. The molecule has 0 saturated heterocycles. The summed E-state index contributed by atoms with van der Waals surface area (Å²) in [5.74, 6) is -1.17. The maximum absolute atomic E-state index is 12.2. The number of carbonyl (C=O) groups excluding carboxylic acids is 1. The van der Waals surface area contributed by atoms with Gasteiger partial charge in [-0.3, -0.25) is 9.59 Å². The maximum atomic E-state index is 12.2. The molecule has 1 amide bonds. The van der Waals surface area contributed by atoms with Crippen LogP contribution < -0.4 is 5.32 Å². The van der Waals surface area contributed by atoms with E-state index in [9.17, 15) is 9.59 Å². The van der Waals surface area contributed by atoms with Gasteiger partial charge in [-0.1, -0.05) is 36.3 Å². The van der Waals surface area contributed by atoms with Gasteiger partial charge in [0, 0.05) is 17.7 Å². The highest BCUT2D eigenvalue weighted by Gasteiger charge is 2.09. The van der Waals surface area contributed by atoms with Crippen LogP contribution in [0.2, 0.25) is 0 Å². The molecule has 0 aromatic heterocycles. The van der Waals surface area contributed by atoms with Crippen LogP contribution in [0.1, 0.15) is 41.3 Å². The zero-order chi connectivity index (χ0) is 18.2. The SMILES string of the molecule is CCc1ccc(C(=O)Nc2ccc(/C(CCC(=O)O)=N\O)cc2)cc1. The number of carboxylic acids is 1. The van der Waals surface area contributed by atoms with E-state index in [0.717, 1.165) is 12.0 Å². The number of anilines is 1. The summed E-state index contributed by atoms with van der Waals surface area (Å²) in [6, 6.07) is 14.1. The standard InChI is InChI=1S/C19H20N2O4/c1-2-13-3-5-15(6-4-13)19(24)20-16-9-7-14(8-10-16)17(21-25)11-12-18(22)23/h3-10,25H,2,11-12H2,1H3,(H,20,24)(H,22,23)/b21-17-. The van der Waals surface area contributed by atoms with Crippen LogP contribution in [0.5, 0.6) is 0 Å². The van der Waals surface area contributed by atoms with Gasteiger partial charge in [-0.05, 0) is 41.8 Å². The Bertz CT molecular complexity index is 765. The fourth-order valence-corrected chi connectivity index (χ4v) is 2.32. The lowest BCUT2D eigenvalue weighted by atomic mass is 10.1. The molecule has 6 heteroatoms. The van der Waals surface area contributed by atoms with Gasteiger partial charge in [0.1, 0.15) is 0 Å². The summed E-state index contributed by atoms with van der Waals surface area (Å²) in [6.07, 6.45) is 0.924. The highest BCUT2D eigenvalue weighted by molar-refractivity contribution is 6.05. The van der Waals surface area contributed by atoms with E-state index in [-0.39, 0.29) is 24.5 Å². The third-order valence-corrected chi connectivity index (χ3v) is 3.80.